The maximum atomic E-state index is 12.6. The standard InChI is InChI=1S/C15H22ClNO2S/c1-15(2,3)13-8-9-17(11-13)20(18,19)14-6-4-12(10-16)5-7-14/h4-7,13H,8-11H2,1-3H3. The molecule has 0 bridgehead atoms. The van der Waals surface area contributed by atoms with Crippen molar-refractivity contribution in [2.24, 2.45) is 11.3 Å². The predicted octanol–water partition coefficient (Wildman–Crippen LogP) is 3.48. The third-order valence-electron chi connectivity index (χ3n) is 4.09. The third-order valence-corrected chi connectivity index (χ3v) is 6.28. The smallest absolute Gasteiger partial charge is 0.207 e. The first kappa shape index (κ1) is 15.8. The van der Waals surface area contributed by atoms with Crippen LogP contribution in [-0.4, -0.2) is 25.8 Å². The number of hydrogen-bond donors (Lipinski definition) is 0. The van der Waals surface area contributed by atoms with E-state index in [-0.39, 0.29) is 5.41 Å². The second-order valence-corrected chi connectivity index (χ2v) is 8.70. The molecule has 0 N–H and O–H groups in total. The molecule has 1 aromatic rings. The van der Waals surface area contributed by atoms with Gasteiger partial charge in [-0.15, -0.1) is 11.6 Å². The number of sulfonamides is 1. The number of nitrogens with zero attached hydrogens (tertiary/aromatic N) is 1. The van der Waals surface area contributed by atoms with Gasteiger partial charge in [-0.1, -0.05) is 32.9 Å². The van der Waals surface area contributed by atoms with Gasteiger partial charge in [-0.2, -0.15) is 4.31 Å². The van der Waals surface area contributed by atoms with Gasteiger partial charge in [-0.25, -0.2) is 8.42 Å². The van der Waals surface area contributed by atoms with Crippen LogP contribution in [-0.2, 0) is 15.9 Å². The highest BCUT2D eigenvalue weighted by Crippen LogP contribution is 2.35. The highest BCUT2D eigenvalue weighted by atomic mass is 35.5. The monoisotopic (exact) mass is 315 g/mol. The lowest BCUT2D eigenvalue weighted by atomic mass is 9.80. The zero-order valence-corrected chi connectivity index (χ0v) is 13.8. The molecule has 1 fully saturated rings. The van der Waals surface area contributed by atoms with Crippen LogP contribution in [0.3, 0.4) is 0 Å². The van der Waals surface area contributed by atoms with Crippen molar-refractivity contribution < 1.29 is 8.42 Å². The van der Waals surface area contributed by atoms with Gasteiger partial charge in [0, 0.05) is 19.0 Å². The lowest BCUT2D eigenvalue weighted by molar-refractivity contribution is 0.252. The first-order chi connectivity index (χ1) is 9.25. The normalized spacial score (nSPS) is 21.3. The zero-order chi connectivity index (χ0) is 15.0. The molecule has 0 amide bonds. The highest BCUT2D eigenvalue weighted by Gasteiger charge is 2.37. The van der Waals surface area contributed by atoms with E-state index < -0.39 is 10.0 Å². The van der Waals surface area contributed by atoms with Crippen molar-refractivity contribution in [3.05, 3.63) is 29.8 Å². The molecule has 112 valence electrons. The van der Waals surface area contributed by atoms with Crippen molar-refractivity contribution in [1.29, 1.82) is 0 Å². The molecule has 0 aromatic heterocycles. The van der Waals surface area contributed by atoms with E-state index >= 15 is 0 Å². The summed E-state index contributed by atoms with van der Waals surface area (Å²) in [5.41, 5.74) is 1.08. The van der Waals surface area contributed by atoms with Gasteiger partial charge in [0.1, 0.15) is 0 Å². The molecule has 0 radical (unpaired) electrons. The minimum atomic E-state index is -3.37. The van der Waals surface area contributed by atoms with Crippen molar-refractivity contribution in [2.75, 3.05) is 13.1 Å². The molecule has 1 aliphatic heterocycles. The maximum Gasteiger partial charge on any atom is 0.243 e. The Morgan fingerprint density at radius 3 is 2.30 bits per heavy atom. The van der Waals surface area contributed by atoms with Crippen LogP contribution >= 0.6 is 11.6 Å². The fourth-order valence-corrected chi connectivity index (χ4v) is 4.23. The molecule has 1 saturated heterocycles. The summed E-state index contributed by atoms with van der Waals surface area (Å²) in [4.78, 5) is 0.362. The summed E-state index contributed by atoms with van der Waals surface area (Å²) in [7, 11) is -3.37. The van der Waals surface area contributed by atoms with E-state index in [4.69, 9.17) is 11.6 Å². The molecule has 1 aromatic carbocycles. The summed E-state index contributed by atoms with van der Waals surface area (Å²) in [6.07, 6.45) is 0.933. The minimum absolute atomic E-state index is 0.146. The average Bonchev–Trinajstić information content (AvgIpc) is 2.89. The average molecular weight is 316 g/mol. The molecule has 0 aliphatic carbocycles. The van der Waals surface area contributed by atoms with Crippen LogP contribution in [0.2, 0.25) is 0 Å². The number of rotatable bonds is 3. The third kappa shape index (κ3) is 3.18. The molecule has 1 aliphatic rings. The largest absolute Gasteiger partial charge is 0.243 e. The molecule has 20 heavy (non-hydrogen) atoms. The molecule has 5 heteroatoms. The Balaban J connectivity index is 2.19. The van der Waals surface area contributed by atoms with E-state index in [2.05, 4.69) is 20.8 Å². The fraction of sp³-hybridized carbons (Fsp3) is 0.600. The molecule has 1 heterocycles. The van der Waals surface area contributed by atoms with Crippen molar-refractivity contribution in [3.63, 3.8) is 0 Å². The van der Waals surface area contributed by atoms with Crippen LogP contribution in [0.1, 0.15) is 32.8 Å². The zero-order valence-electron chi connectivity index (χ0n) is 12.3. The molecule has 1 unspecified atom stereocenters. The summed E-state index contributed by atoms with van der Waals surface area (Å²) in [5, 5.41) is 0. The topological polar surface area (TPSA) is 37.4 Å². The molecule has 1 atom stereocenters. The van der Waals surface area contributed by atoms with Gasteiger partial charge < -0.3 is 0 Å². The molecular formula is C15H22ClNO2S. The molecular weight excluding hydrogens is 294 g/mol. The van der Waals surface area contributed by atoms with Gasteiger partial charge >= 0.3 is 0 Å². The number of benzene rings is 1. The Morgan fingerprint density at radius 1 is 1.25 bits per heavy atom. The Morgan fingerprint density at radius 2 is 1.85 bits per heavy atom. The fourth-order valence-electron chi connectivity index (χ4n) is 2.55. The predicted molar refractivity (Wildman–Crippen MR) is 82.3 cm³/mol. The maximum absolute atomic E-state index is 12.6. The van der Waals surface area contributed by atoms with E-state index in [0.717, 1.165) is 12.0 Å². The van der Waals surface area contributed by atoms with Crippen LogP contribution in [0.5, 0.6) is 0 Å². The van der Waals surface area contributed by atoms with E-state index in [9.17, 15) is 8.42 Å². The summed E-state index contributed by atoms with van der Waals surface area (Å²) in [6, 6.07) is 6.85. The quantitative estimate of drug-likeness (QED) is 0.801. The summed E-state index contributed by atoms with van der Waals surface area (Å²) in [5.74, 6) is 0.815. The Hall–Kier alpha value is -0.580. The van der Waals surface area contributed by atoms with Gasteiger partial charge in [0.25, 0.3) is 0 Å². The van der Waals surface area contributed by atoms with Crippen molar-refractivity contribution in [1.82, 2.24) is 4.31 Å². The van der Waals surface area contributed by atoms with Crippen LogP contribution in [0, 0.1) is 11.3 Å². The molecule has 3 nitrogen and oxygen atoms in total. The first-order valence-corrected chi connectivity index (χ1v) is 8.87. The van der Waals surface area contributed by atoms with Crippen LogP contribution < -0.4 is 0 Å². The van der Waals surface area contributed by atoms with Gasteiger partial charge in [-0.3, -0.25) is 0 Å². The van der Waals surface area contributed by atoms with Crippen LogP contribution in [0.25, 0.3) is 0 Å². The lowest BCUT2D eigenvalue weighted by Gasteiger charge is -2.26. The summed E-state index contributed by atoms with van der Waals surface area (Å²) < 4.78 is 26.8. The van der Waals surface area contributed by atoms with E-state index in [1.807, 2.05) is 0 Å². The Kier molecular flexibility index (Phi) is 4.47. The van der Waals surface area contributed by atoms with Crippen molar-refractivity contribution >= 4 is 21.6 Å². The lowest BCUT2D eigenvalue weighted by Crippen LogP contribution is -2.31. The Bertz CT molecular complexity index is 561. The second kappa shape index (κ2) is 5.66. The van der Waals surface area contributed by atoms with Crippen LogP contribution in [0.4, 0.5) is 0 Å². The molecule has 0 saturated carbocycles. The van der Waals surface area contributed by atoms with E-state index in [0.29, 0.717) is 29.8 Å². The van der Waals surface area contributed by atoms with Gasteiger partial charge in [0.2, 0.25) is 10.0 Å². The number of alkyl halides is 1. The number of hydrogen-bond acceptors (Lipinski definition) is 2. The number of halogens is 1. The second-order valence-electron chi connectivity index (χ2n) is 6.49. The van der Waals surface area contributed by atoms with Gasteiger partial charge in [0.15, 0.2) is 0 Å². The van der Waals surface area contributed by atoms with E-state index in [1.54, 1.807) is 28.6 Å². The van der Waals surface area contributed by atoms with Gasteiger partial charge in [0.05, 0.1) is 4.90 Å². The van der Waals surface area contributed by atoms with Crippen LogP contribution in [0.15, 0.2) is 29.2 Å². The van der Waals surface area contributed by atoms with Crippen molar-refractivity contribution in [3.8, 4) is 0 Å². The first-order valence-electron chi connectivity index (χ1n) is 6.90. The van der Waals surface area contributed by atoms with Gasteiger partial charge in [-0.05, 0) is 35.4 Å². The molecule has 2 rings (SSSR count). The van der Waals surface area contributed by atoms with Crippen molar-refractivity contribution in [2.45, 2.75) is 38.0 Å². The summed E-state index contributed by atoms with van der Waals surface area (Å²) in [6.45, 7) is 7.74. The minimum Gasteiger partial charge on any atom is -0.207 e. The Labute approximate surface area is 127 Å². The molecule has 0 spiro atoms. The van der Waals surface area contributed by atoms with E-state index in [1.165, 1.54) is 0 Å². The SMILES string of the molecule is CC(C)(C)C1CCN(S(=O)(=O)c2ccc(CCl)cc2)C1. The highest BCUT2D eigenvalue weighted by molar-refractivity contribution is 7.89. The summed E-state index contributed by atoms with van der Waals surface area (Å²) >= 11 is 5.73.